The summed E-state index contributed by atoms with van der Waals surface area (Å²) in [6, 6.07) is 0. The van der Waals surface area contributed by atoms with Gasteiger partial charge in [0.15, 0.2) is 0 Å². The van der Waals surface area contributed by atoms with Gasteiger partial charge in [0.2, 0.25) is 0 Å². The van der Waals surface area contributed by atoms with Gasteiger partial charge in [-0.2, -0.15) is 0 Å². The van der Waals surface area contributed by atoms with Gasteiger partial charge >= 0.3 is 5.97 Å². The summed E-state index contributed by atoms with van der Waals surface area (Å²) in [6.45, 7) is 1.95. The first-order chi connectivity index (χ1) is 5.21. The van der Waals surface area contributed by atoms with Gasteiger partial charge in [0, 0.05) is 0 Å². The molecule has 63 valence electrons. The molecule has 2 nitrogen and oxygen atoms in total. The largest absolute Gasteiger partial charge is 0.361 e. The first-order valence-electron chi connectivity index (χ1n) is 4.43. The molecule has 1 radical (unpaired) electrons. The molecule has 0 saturated heterocycles. The molecule has 0 bridgehead atoms. The van der Waals surface area contributed by atoms with E-state index in [4.69, 9.17) is 0 Å². The predicted octanol–water partition coefficient (Wildman–Crippen LogP) is 2.30. The van der Waals surface area contributed by atoms with Crippen LogP contribution in [0.25, 0.3) is 0 Å². The molecule has 2 heteroatoms. The van der Waals surface area contributed by atoms with Crippen molar-refractivity contribution in [1.82, 2.24) is 0 Å². The van der Waals surface area contributed by atoms with Crippen LogP contribution >= 0.6 is 0 Å². The standard InChI is InChI=1S/C9H15O2/c1-2-9(8(10)11)6-4-3-5-7-9/h2-7H2,1H3. The van der Waals surface area contributed by atoms with Crippen molar-refractivity contribution in [2.24, 2.45) is 5.41 Å². The predicted molar refractivity (Wildman–Crippen MR) is 41.5 cm³/mol. The van der Waals surface area contributed by atoms with Gasteiger partial charge in [-0.25, -0.2) is 9.90 Å². The average Bonchev–Trinajstić information content (AvgIpc) is 2.05. The van der Waals surface area contributed by atoms with E-state index in [1.165, 1.54) is 6.42 Å². The quantitative estimate of drug-likeness (QED) is 0.602. The minimum absolute atomic E-state index is 0.474. The van der Waals surface area contributed by atoms with Crippen LogP contribution in [0.5, 0.6) is 0 Å². The van der Waals surface area contributed by atoms with E-state index in [-0.39, 0.29) is 0 Å². The molecule has 1 aliphatic rings. The molecule has 0 unspecified atom stereocenters. The Morgan fingerprint density at radius 2 is 1.82 bits per heavy atom. The van der Waals surface area contributed by atoms with E-state index in [2.05, 4.69) is 0 Å². The lowest BCUT2D eigenvalue weighted by Crippen LogP contribution is -2.31. The van der Waals surface area contributed by atoms with Crippen LogP contribution in [0.1, 0.15) is 45.4 Å². The van der Waals surface area contributed by atoms with Crippen LogP contribution in [0.15, 0.2) is 0 Å². The van der Waals surface area contributed by atoms with Crippen molar-refractivity contribution in [2.75, 3.05) is 0 Å². The molecule has 0 aromatic heterocycles. The van der Waals surface area contributed by atoms with Crippen LogP contribution in [-0.4, -0.2) is 5.97 Å². The molecule has 0 aliphatic heterocycles. The van der Waals surface area contributed by atoms with Crippen molar-refractivity contribution in [3.63, 3.8) is 0 Å². The Kier molecular flexibility index (Phi) is 2.53. The topological polar surface area (TPSA) is 37.0 Å². The van der Waals surface area contributed by atoms with Crippen LogP contribution < -0.4 is 0 Å². The van der Waals surface area contributed by atoms with Crippen molar-refractivity contribution in [2.45, 2.75) is 45.4 Å². The minimum Gasteiger partial charge on any atom is -0.247 e. The van der Waals surface area contributed by atoms with Crippen molar-refractivity contribution < 1.29 is 9.90 Å². The third kappa shape index (κ3) is 1.55. The van der Waals surface area contributed by atoms with Gasteiger partial charge in [0.1, 0.15) is 0 Å². The number of carbonyl (C=O) groups is 1. The molecule has 0 N–H and O–H groups in total. The second kappa shape index (κ2) is 3.24. The number of carbonyl (C=O) groups excluding carboxylic acids is 1. The molecule has 1 saturated carbocycles. The van der Waals surface area contributed by atoms with Crippen LogP contribution in [0.3, 0.4) is 0 Å². The Morgan fingerprint density at radius 1 is 1.27 bits per heavy atom. The lowest BCUT2D eigenvalue weighted by Gasteiger charge is -2.30. The molecule has 0 amide bonds. The van der Waals surface area contributed by atoms with Crippen LogP contribution in [0.4, 0.5) is 0 Å². The molecule has 0 heterocycles. The lowest BCUT2D eigenvalue weighted by atomic mass is 9.72. The van der Waals surface area contributed by atoms with Gasteiger partial charge < -0.3 is 0 Å². The Labute approximate surface area is 67.6 Å². The second-order valence-corrected chi connectivity index (χ2v) is 3.48. The fourth-order valence-electron chi connectivity index (χ4n) is 1.93. The van der Waals surface area contributed by atoms with Gasteiger partial charge in [0.05, 0.1) is 5.41 Å². The van der Waals surface area contributed by atoms with E-state index < -0.39 is 11.4 Å². The summed E-state index contributed by atoms with van der Waals surface area (Å²) in [7, 11) is 0. The molecular weight excluding hydrogens is 140 g/mol. The first kappa shape index (κ1) is 8.57. The van der Waals surface area contributed by atoms with Gasteiger partial charge in [-0.3, -0.25) is 0 Å². The molecule has 0 atom stereocenters. The maximum Gasteiger partial charge on any atom is 0.361 e. The van der Waals surface area contributed by atoms with E-state index in [0.717, 1.165) is 32.1 Å². The smallest absolute Gasteiger partial charge is 0.247 e. The van der Waals surface area contributed by atoms with Crippen LogP contribution in [0.2, 0.25) is 0 Å². The van der Waals surface area contributed by atoms with Gasteiger partial charge in [-0.05, 0) is 19.3 Å². The Morgan fingerprint density at radius 3 is 2.09 bits per heavy atom. The molecular formula is C9H15O2. The zero-order valence-corrected chi connectivity index (χ0v) is 7.06. The Balaban J connectivity index is 2.64. The summed E-state index contributed by atoms with van der Waals surface area (Å²) in [4.78, 5) is 10.8. The van der Waals surface area contributed by atoms with E-state index in [1.807, 2.05) is 6.92 Å². The first-order valence-corrected chi connectivity index (χ1v) is 4.43. The summed E-state index contributed by atoms with van der Waals surface area (Å²) in [6.07, 6.45) is 5.69. The summed E-state index contributed by atoms with van der Waals surface area (Å²) in [5.74, 6) is -0.834. The third-order valence-electron chi connectivity index (χ3n) is 2.92. The number of hydrogen-bond donors (Lipinski definition) is 0. The maximum atomic E-state index is 10.8. The zero-order valence-electron chi connectivity index (χ0n) is 7.06. The minimum atomic E-state index is -0.834. The molecule has 1 fully saturated rings. The summed E-state index contributed by atoms with van der Waals surface area (Å²) >= 11 is 0. The Hall–Kier alpha value is -0.530. The van der Waals surface area contributed by atoms with Crippen molar-refractivity contribution >= 4 is 5.97 Å². The fraction of sp³-hybridized carbons (Fsp3) is 0.889. The molecule has 0 spiro atoms. The van der Waals surface area contributed by atoms with Gasteiger partial charge in [-0.15, -0.1) is 0 Å². The molecule has 0 aromatic carbocycles. The van der Waals surface area contributed by atoms with Crippen LogP contribution in [-0.2, 0) is 9.90 Å². The van der Waals surface area contributed by atoms with Crippen molar-refractivity contribution in [3.05, 3.63) is 0 Å². The lowest BCUT2D eigenvalue weighted by molar-refractivity contribution is -0.158. The summed E-state index contributed by atoms with van der Waals surface area (Å²) in [5, 5.41) is 10.8. The van der Waals surface area contributed by atoms with E-state index in [9.17, 15) is 9.90 Å². The fourth-order valence-corrected chi connectivity index (χ4v) is 1.93. The van der Waals surface area contributed by atoms with Gasteiger partial charge in [-0.1, -0.05) is 26.2 Å². The van der Waals surface area contributed by atoms with Crippen LogP contribution in [0, 0.1) is 5.41 Å². The third-order valence-corrected chi connectivity index (χ3v) is 2.92. The maximum absolute atomic E-state index is 10.8. The number of hydrogen-bond acceptors (Lipinski definition) is 1. The number of rotatable bonds is 2. The summed E-state index contributed by atoms with van der Waals surface area (Å²) in [5.41, 5.74) is -0.474. The van der Waals surface area contributed by atoms with Crippen molar-refractivity contribution in [3.8, 4) is 0 Å². The highest BCUT2D eigenvalue weighted by atomic mass is 16.4. The van der Waals surface area contributed by atoms with E-state index in [1.54, 1.807) is 0 Å². The summed E-state index contributed by atoms with van der Waals surface area (Å²) < 4.78 is 0. The highest BCUT2D eigenvalue weighted by molar-refractivity contribution is 5.74. The molecule has 1 aliphatic carbocycles. The van der Waals surface area contributed by atoms with Gasteiger partial charge in [0.25, 0.3) is 0 Å². The van der Waals surface area contributed by atoms with E-state index >= 15 is 0 Å². The second-order valence-electron chi connectivity index (χ2n) is 3.48. The average molecular weight is 155 g/mol. The van der Waals surface area contributed by atoms with Crippen molar-refractivity contribution in [1.29, 1.82) is 0 Å². The molecule has 11 heavy (non-hydrogen) atoms. The molecule has 0 aromatic rings. The van der Waals surface area contributed by atoms with E-state index in [0.29, 0.717) is 0 Å². The normalized spacial score (nSPS) is 23.0. The SMILES string of the molecule is CCC1(C([O])=O)CCCCC1. The highest BCUT2D eigenvalue weighted by Crippen LogP contribution is 2.39. The highest BCUT2D eigenvalue weighted by Gasteiger charge is 2.38. The Bertz CT molecular complexity index is 146. The molecule has 1 rings (SSSR count). The monoisotopic (exact) mass is 155 g/mol. The zero-order chi connectivity index (χ0) is 8.32.